The van der Waals surface area contributed by atoms with Crippen LogP contribution in [-0.2, 0) is 0 Å². The predicted molar refractivity (Wildman–Crippen MR) is 74.7 cm³/mol. The molecule has 3 heteroatoms. The molecule has 96 valence electrons. The van der Waals surface area contributed by atoms with Crippen LogP contribution in [0, 0.1) is 0 Å². The van der Waals surface area contributed by atoms with E-state index in [4.69, 9.17) is 4.74 Å². The fraction of sp³-hybridized carbons (Fsp3) is 0.188. The molecule has 1 aliphatic rings. The lowest BCUT2D eigenvalue weighted by Gasteiger charge is -2.26. The third kappa shape index (κ3) is 2.19. The molecule has 0 fully saturated rings. The van der Waals surface area contributed by atoms with Gasteiger partial charge in [0.15, 0.2) is 5.78 Å². The Hall–Kier alpha value is -2.29. The van der Waals surface area contributed by atoms with Gasteiger partial charge < -0.3 is 10.1 Å². The number of nitrogens with one attached hydrogen (secondary N) is 1. The first kappa shape index (κ1) is 11.8. The van der Waals surface area contributed by atoms with Gasteiger partial charge in [-0.15, -0.1) is 0 Å². The summed E-state index contributed by atoms with van der Waals surface area (Å²) in [7, 11) is 1.61. The van der Waals surface area contributed by atoms with Crippen LogP contribution in [0.5, 0.6) is 5.75 Å². The Kier molecular flexibility index (Phi) is 2.95. The number of fused-ring (bicyclic) bond motifs is 1. The maximum atomic E-state index is 12.2. The minimum atomic E-state index is 0.0506. The molecule has 19 heavy (non-hydrogen) atoms. The third-order valence-corrected chi connectivity index (χ3v) is 3.45. The lowest BCUT2D eigenvalue weighted by atomic mass is 9.92. The Morgan fingerprint density at radius 1 is 1.16 bits per heavy atom. The molecule has 1 aliphatic heterocycles. The maximum Gasteiger partial charge on any atom is 0.167 e. The molecule has 1 unspecified atom stereocenters. The van der Waals surface area contributed by atoms with Crippen LogP contribution in [0.4, 0.5) is 5.69 Å². The number of carbonyl (C=O) groups is 1. The van der Waals surface area contributed by atoms with Gasteiger partial charge >= 0.3 is 0 Å². The number of benzene rings is 2. The predicted octanol–water partition coefficient (Wildman–Crippen LogP) is 3.43. The summed E-state index contributed by atoms with van der Waals surface area (Å²) in [5, 5.41) is 3.42. The Morgan fingerprint density at radius 2 is 1.95 bits per heavy atom. The van der Waals surface area contributed by atoms with Crippen LogP contribution in [0.2, 0.25) is 0 Å². The monoisotopic (exact) mass is 253 g/mol. The third-order valence-electron chi connectivity index (χ3n) is 3.45. The minimum absolute atomic E-state index is 0.0506. The zero-order valence-corrected chi connectivity index (χ0v) is 10.7. The molecule has 0 radical (unpaired) electrons. The number of anilines is 1. The second-order valence-corrected chi connectivity index (χ2v) is 4.65. The van der Waals surface area contributed by atoms with Gasteiger partial charge in [-0.05, 0) is 23.8 Å². The van der Waals surface area contributed by atoms with E-state index in [9.17, 15) is 4.79 Å². The SMILES string of the molecule is COc1ccc2c(c1)C(=O)CC(c1ccccc1)N2. The number of ketones is 1. The number of methoxy groups -OCH3 is 1. The normalized spacial score (nSPS) is 17.5. The molecular formula is C16H15NO2. The summed E-state index contributed by atoms with van der Waals surface area (Å²) in [6.45, 7) is 0. The molecule has 2 aromatic rings. The highest BCUT2D eigenvalue weighted by molar-refractivity contribution is 6.03. The molecule has 1 atom stereocenters. The van der Waals surface area contributed by atoms with Gasteiger partial charge in [0.1, 0.15) is 5.75 Å². The fourth-order valence-electron chi connectivity index (χ4n) is 2.43. The van der Waals surface area contributed by atoms with Gasteiger partial charge in [0.2, 0.25) is 0 Å². The van der Waals surface area contributed by atoms with Crippen molar-refractivity contribution in [3.63, 3.8) is 0 Å². The van der Waals surface area contributed by atoms with Crippen LogP contribution < -0.4 is 10.1 Å². The number of carbonyl (C=O) groups excluding carboxylic acids is 1. The topological polar surface area (TPSA) is 38.3 Å². The molecule has 3 nitrogen and oxygen atoms in total. The Balaban J connectivity index is 1.95. The van der Waals surface area contributed by atoms with Crippen molar-refractivity contribution in [2.75, 3.05) is 12.4 Å². The van der Waals surface area contributed by atoms with Gasteiger partial charge in [0.25, 0.3) is 0 Å². The van der Waals surface area contributed by atoms with Crippen LogP contribution in [-0.4, -0.2) is 12.9 Å². The van der Waals surface area contributed by atoms with E-state index in [2.05, 4.69) is 5.32 Å². The molecule has 0 aliphatic carbocycles. The van der Waals surface area contributed by atoms with Crippen molar-refractivity contribution in [3.8, 4) is 5.75 Å². The van der Waals surface area contributed by atoms with Gasteiger partial charge in [-0.2, -0.15) is 0 Å². The first-order valence-corrected chi connectivity index (χ1v) is 6.30. The lowest BCUT2D eigenvalue weighted by molar-refractivity contribution is 0.0972. The van der Waals surface area contributed by atoms with Crippen LogP contribution in [0.1, 0.15) is 28.4 Å². The highest BCUT2D eigenvalue weighted by atomic mass is 16.5. The molecule has 2 aromatic carbocycles. The summed E-state index contributed by atoms with van der Waals surface area (Å²) in [6.07, 6.45) is 0.476. The van der Waals surface area contributed by atoms with E-state index in [1.54, 1.807) is 13.2 Å². The second kappa shape index (κ2) is 4.76. The molecule has 0 amide bonds. The van der Waals surface area contributed by atoms with E-state index >= 15 is 0 Å². The lowest BCUT2D eigenvalue weighted by Crippen LogP contribution is -2.22. The van der Waals surface area contributed by atoms with Crippen LogP contribution >= 0.6 is 0 Å². The van der Waals surface area contributed by atoms with Gasteiger partial charge in [-0.25, -0.2) is 0 Å². The molecular weight excluding hydrogens is 238 g/mol. The number of ether oxygens (including phenoxy) is 1. The number of hydrogen-bond acceptors (Lipinski definition) is 3. The Morgan fingerprint density at radius 3 is 2.68 bits per heavy atom. The standard InChI is InChI=1S/C16H15NO2/c1-19-12-7-8-14-13(9-12)16(18)10-15(17-14)11-5-3-2-4-6-11/h2-9,15,17H,10H2,1H3. The quantitative estimate of drug-likeness (QED) is 0.891. The van der Waals surface area contributed by atoms with E-state index in [1.165, 1.54) is 0 Å². The van der Waals surface area contributed by atoms with Crippen molar-refractivity contribution < 1.29 is 9.53 Å². The molecule has 0 aromatic heterocycles. The van der Waals surface area contributed by atoms with E-state index in [1.807, 2.05) is 42.5 Å². The average Bonchev–Trinajstić information content (AvgIpc) is 2.48. The molecule has 1 N–H and O–H groups in total. The first-order valence-electron chi connectivity index (χ1n) is 6.30. The average molecular weight is 253 g/mol. The number of hydrogen-bond donors (Lipinski definition) is 1. The molecule has 3 rings (SSSR count). The molecule has 0 spiro atoms. The smallest absolute Gasteiger partial charge is 0.167 e. The fourth-order valence-corrected chi connectivity index (χ4v) is 2.43. The summed E-state index contributed by atoms with van der Waals surface area (Å²) in [4.78, 5) is 12.2. The van der Waals surface area contributed by atoms with Gasteiger partial charge in [0.05, 0.1) is 13.2 Å². The number of rotatable bonds is 2. The van der Waals surface area contributed by atoms with Crippen LogP contribution in [0.15, 0.2) is 48.5 Å². The second-order valence-electron chi connectivity index (χ2n) is 4.65. The molecule has 0 bridgehead atoms. The summed E-state index contributed by atoms with van der Waals surface area (Å²) in [5.41, 5.74) is 2.73. The first-order chi connectivity index (χ1) is 9.28. The van der Waals surface area contributed by atoms with E-state index in [0.717, 1.165) is 11.3 Å². The van der Waals surface area contributed by atoms with Gasteiger partial charge in [0, 0.05) is 17.7 Å². The zero-order chi connectivity index (χ0) is 13.2. The molecule has 1 heterocycles. The van der Waals surface area contributed by atoms with Crippen LogP contribution in [0.25, 0.3) is 0 Å². The zero-order valence-electron chi connectivity index (χ0n) is 10.7. The van der Waals surface area contributed by atoms with E-state index in [-0.39, 0.29) is 11.8 Å². The molecule has 0 saturated carbocycles. The molecule has 0 saturated heterocycles. The Labute approximate surface area is 112 Å². The number of Topliss-reactive ketones (excluding diaryl/α,β-unsaturated/α-hetero) is 1. The van der Waals surface area contributed by atoms with Crippen molar-refractivity contribution in [2.24, 2.45) is 0 Å². The summed E-state index contributed by atoms with van der Waals surface area (Å²) >= 11 is 0. The van der Waals surface area contributed by atoms with Gasteiger partial charge in [-0.3, -0.25) is 4.79 Å². The van der Waals surface area contributed by atoms with Crippen LogP contribution in [0.3, 0.4) is 0 Å². The van der Waals surface area contributed by atoms with Crippen molar-refractivity contribution in [3.05, 3.63) is 59.7 Å². The maximum absolute atomic E-state index is 12.2. The van der Waals surface area contributed by atoms with E-state index < -0.39 is 0 Å². The van der Waals surface area contributed by atoms with Crippen molar-refractivity contribution >= 4 is 11.5 Å². The van der Waals surface area contributed by atoms with Crippen molar-refractivity contribution in [2.45, 2.75) is 12.5 Å². The Bertz CT molecular complexity index is 607. The van der Waals surface area contributed by atoms with Gasteiger partial charge in [-0.1, -0.05) is 30.3 Å². The highest BCUT2D eigenvalue weighted by Crippen LogP contribution is 2.34. The summed E-state index contributed by atoms with van der Waals surface area (Å²) in [5.74, 6) is 0.869. The highest BCUT2D eigenvalue weighted by Gasteiger charge is 2.25. The van der Waals surface area contributed by atoms with Crippen molar-refractivity contribution in [1.82, 2.24) is 0 Å². The van der Waals surface area contributed by atoms with E-state index in [0.29, 0.717) is 17.7 Å². The summed E-state index contributed by atoms with van der Waals surface area (Å²) in [6, 6.07) is 15.7. The summed E-state index contributed by atoms with van der Waals surface area (Å²) < 4.78 is 5.16. The largest absolute Gasteiger partial charge is 0.497 e. The van der Waals surface area contributed by atoms with Crippen molar-refractivity contribution in [1.29, 1.82) is 0 Å². The minimum Gasteiger partial charge on any atom is -0.497 e.